The van der Waals surface area contributed by atoms with E-state index >= 15 is 0 Å². The molecule has 0 aliphatic rings. The van der Waals surface area contributed by atoms with Crippen molar-refractivity contribution in [3.8, 4) is 0 Å². The van der Waals surface area contributed by atoms with Gasteiger partial charge >= 0.3 is 0 Å². The monoisotopic (exact) mass is 300 g/mol. The first-order valence-electron chi connectivity index (χ1n) is 7.36. The average Bonchev–Trinajstić information content (AvgIpc) is 2.47. The van der Waals surface area contributed by atoms with Crippen molar-refractivity contribution in [2.45, 2.75) is 58.5 Å². The first-order valence-corrected chi connectivity index (χ1v) is 7.74. The van der Waals surface area contributed by atoms with Crippen molar-refractivity contribution in [2.75, 3.05) is 11.9 Å². The Bertz CT molecular complexity index is 461. The van der Waals surface area contributed by atoms with E-state index in [0.29, 0.717) is 18.8 Å². The van der Waals surface area contributed by atoms with E-state index in [9.17, 15) is 4.79 Å². The number of anilines is 1. The highest BCUT2D eigenvalue weighted by molar-refractivity contribution is 6.32. The first-order chi connectivity index (χ1) is 9.63. The molecule has 1 atom stereocenters. The van der Waals surface area contributed by atoms with Crippen LogP contribution in [0, 0.1) is 0 Å². The molecule has 0 saturated carbocycles. The number of nitrogens with zero attached hydrogens (tertiary/aromatic N) is 2. The molecule has 0 aliphatic heterocycles. The second kappa shape index (κ2) is 8.97. The Hall–Kier alpha value is -1.07. The number of nitrogens with one attached hydrogen (secondary N) is 1. The quantitative estimate of drug-likeness (QED) is 0.735. The van der Waals surface area contributed by atoms with Crippen LogP contribution in [0.25, 0.3) is 0 Å². The Morgan fingerprint density at radius 3 is 2.70 bits per heavy atom. The summed E-state index contributed by atoms with van der Waals surface area (Å²) >= 11 is 6.14. The van der Waals surface area contributed by atoms with Crippen LogP contribution in [-0.4, -0.2) is 22.4 Å². The summed E-state index contributed by atoms with van der Waals surface area (Å²) in [6, 6.07) is 0.125. The molecular weight excluding hydrogens is 276 g/mol. The molecule has 1 aromatic rings. The van der Waals surface area contributed by atoms with E-state index in [1.165, 1.54) is 4.68 Å². The molecular formula is C14H25ClN4O. The standard InChI is InChI=1S/C14H25ClN4O/c1-3-5-7-11(9-16)18-12-10-17-19(8-6-4-2)14(20)13(12)15/h10-11,18H,3-9,16H2,1-2H3. The molecule has 0 saturated heterocycles. The molecule has 0 aliphatic carbocycles. The van der Waals surface area contributed by atoms with Crippen molar-refractivity contribution in [2.24, 2.45) is 5.73 Å². The van der Waals surface area contributed by atoms with Crippen LogP contribution in [0.15, 0.2) is 11.0 Å². The van der Waals surface area contributed by atoms with E-state index in [1.807, 2.05) is 0 Å². The van der Waals surface area contributed by atoms with Gasteiger partial charge in [-0.25, -0.2) is 4.68 Å². The second-order valence-electron chi connectivity index (χ2n) is 4.97. The maximum absolute atomic E-state index is 12.1. The predicted molar refractivity (Wildman–Crippen MR) is 84.4 cm³/mol. The number of nitrogens with two attached hydrogens (primary N) is 1. The largest absolute Gasteiger partial charge is 0.378 e. The lowest BCUT2D eigenvalue weighted by molar-refractivity contribution is 0.542. The summed E-state index contributed by atoms with van der Waals surface area (Å²) in [4.78, 5) is 12.1. The van der Waals surface area contributed by atoms with E-state index in [-0.39, 0.29) is 16.6 Å². The zero-order valence-electron chi connectivity index (χ0n) is 12.4. The number of aromatic nitrogens is 2. The van der Waals surface area contributed by atoms with Crippen LogP contribution in [0.3, 0.4) is 0 Å². The van der Waals surface area contributed by atoms with Gasteiger partial charge in [0.25, 0.3) is 5.56 Å². The van der Waals surface area contributed by atoms with Gasteiger partial charge in [-0.1, -0.05) is 44.7 Å². The Morgan fingerprint density at radius 1 is 1.40 bits per heavy atom. The molecule has 1 aromatic heterocycles. The van der Waals surface area contributed by atoms with Gasteiger partial charge in [0.15, 0.2) is 0 Å². The molecule has 1 rings (SSSR count). The molecule has 5 nitrogen and oxygen atoms in total. The molecule has 3 N–H and O–H groups in total. The average molecular weight is 301 g/mol. The van der Waals surface area contributed by atoms with Crippen LogP contribution in [0.2, 0.25) is 5.02 Å². The third-order valence-corrected chi connectivity index (χ3v) is 3.62. The molecule has 0 radical (unpaired) electrons. The van der Waals surface area contributed by atoms with Crippen LogP contribution in [0.4, 0.5) is 5.69 Å². The molecule has 114 valence electrons. The molecule has 1 unspecified atom stereocenters. The number of rotatable bonds is 9. The van der Waals surface area contributed by atoms with Gasteiger partial charge in [0.1, 0.15) is 5.02 Å². The Labute approximate surface area is 125 Å². The van der Waals surface area contributed by atoms with Crippen LogP contribution < -0.4 is 16.6 Å². The highest BCUT2D eigenvalue weighted by Crippen LogP contribution is 2.17. The summed E-state index contributed by atoms with van der Waals surface area (Å²) in [5.41, 5.74) is 6.08. The van der Waals surface area contributed by atoms with Crippen molar-refractivity contribution < 1.29 is 0 Å². The summed E-state index contributed by atoms with van der Waals surface area (Å²) < 4.78 is 1.42. The fourth-order valence-corrected chi connectivity index (χ4v) is 2.15. The molecule has 6 heteroatoms. The molecule has 0 spiro atoms. The predicted octanol–water partition coefficient (Wildman–Crippen LogP) is 2.63. The fraction of sp³-hybridized carbons (Fsp3) is 0.714. The summed E-state index contributed by atoms with van der Waals surface area (Å²) in [6.07, 6.45) is 6.71. The van der Waals surface area contributed by atoms with Crippen LogP contribution in [0.5, 0.6) is 0 Å². The normalized spacial score (nSPS) is 12.4. The van der Waals surface area contributed by atoms with E-state index in [2.05, 4.69) is 24.3 Å². The number of hydrogen-bond donors (Lipinski definition) is 2. The van der Waals surface area contributed by atoms with Crippen molar-refractivity contribution in [1.82, 2.24) is 9.78 Å². The molecule has 0 bridgehead atoms. The van der Waals surface area contributed by atoms with Crippen LogP contribution >= 0.6 is 11.6 Å². The third-order valence-electron chi connectivity index (χ3n) is 3.26. The minimum atomic E-state index is -0.239. The van der Waals surface area contributed by atoms with E-state index in [0.717, 1.165) is 32.1 Å². The van der Waals surface area contributed by atoms with Gasteiger partial charge in [-0.3, -0.25) is 4.79 Å². The van der Waals surface area contributed by atoms with Crippen molar-refractivity contribution >= 4 is 17.3 Å². The lowest BCUT2D eigenvalue weighted by atomic mass is 10.1. The molecule has 0 aromatic carbocycles. The van der Waals surface area contributed by atoms with Crippen molar-refractivity contribution in [3.05, 3.63) is 21.6 Å². The minimum Gasteiger partial charge on any atom is -0.378 e. The van der Waals surface area contributed by atoms with Gasteiger partial charge in [0.2, 0.25) is 0 Å². The van der Waals surface area contributed by atoms with Gasteiger partial charge in [-0.05, 0) is 12.8 Å². The first kappa shape index (κ1) is 17.0. The molecule has 1 heterocycles. The van der Waals surface area contributed by atoms with Gasteiger partial charge in [-0.15, -0.1) is 0 Å². The molecule has 0 amide bonds. The smallest absolute Gasteiger partial charge is 0.287 e. The van der Waals surface area contributed by atoms with E-state index < -0.39 is 0 Å². The Balaban J connectivity index is 2.81. The maximum atomic E-state index is 12.1. The van der Waals surface area contributed by atoms with Gasteiger partial charge in [-0.2, -0.15) is 5.10 Å². The summed E-state index contributed by atoms with van der Waals surface area (Å²) in [6.45, 7) is 5.32. The van der Waals surface area contributed by atoms with Gasteiger partial charge < -0.3 is 11.1 Å². The summed E-state index contributed by atoms with van der Waals surface area (Å²) in [5, 5.41) is 7.58. The highest BCUT2D eigenvalue weighted by atomic mass is 35.5. The van der Waals surface area contributed by atoms with Crippen LogP contribution in [-0.2, 0) is 6.54 Å². The number of aryl methyl sites for hydroxylation is 1. The second-order valence-corrected chi connectivity index (χ2v) is 5.35. The van der Waals surface area contributed by atoms with Crippen LogP contribution in [0.1, 0.15) is 46.0 Å². The minimum absolute atomic E-state index is 0.125. The maximum Gasteiger partial charge on any atom is 0.287 e. The zero-order chi connectivity index (χ0) is 15.0. The summed E-state index contributed by atoms with van der Waals surface area (Å²) in [5.74, 6) is 0. The topological polar surface area (TPSA) is 72.9 Å². The Kier molecular flexibility index (Phi) is 7.62. The van der Waals surface area contributed by atoms with E-state index in [4.69, 9.17) is 17.3 Å². The third kappa shape index (κ3) is 4.80. The summed E-state index contributed by atoms with van der Waals surface area (Å²) in [7, 11) is 0. The van der Waals surface area contributed by atoms with Crippen molar-refractivity contribution in [1.29, 1.82) is 0 Å². The molecule has 20 heavy (non-hydrogen) atoms. The number of halogens is 1. The van der Waals surface area contributed by atoms with Gasteiger partial charge in [0, 0.05) is 19.1 Å². The number of unbranched alkanes of at least 4 members (excludes halogenated alkanes) is 2. The van der Waals surface area contributed by atoms with Gasteiger partial charge in [0.05, 0.1) is 11.9 Å². The highest BCUT2D eigenvalue weighted by Gasteiger charge is 2.12. The zero-order valence-corrected chi connectivity index (χ0v) is 13.1. The lowest BCUT2D eigenvalue weighted by Gasteiger charge is -2.18. The number of hydrogen-bond acceptors (Lipinski definition) is 4. The Morgan fingerprint density at radius 2 is 2.10 bits per heavy atom. The van der Waals surface area contributed by atoms with E-state index in [1.54, 1.807) is 6.20 Å². The van der Waals surface area contributed by atoms with Crippen molar-refractivity contribution in [3.63, 3.8) is 0 Å². The molecule has 0 fully saturated rings. The lowest BCUT2D eigenvalue weighted by Crippen LogP contribution is -2.31. The fourth-order valence-electron chi connectivity index (χ4n) is 1.95. The SMILES string of the molecule is CCCCC(CN)Nc1cnn(CCCC)c(=O)c1Cl.